The van der Waals surface area contributed by atoms with Gasteiger partial charge in [-0.15, -0.1) is 11.3 Å². The maximum Gasteiger partial charge on any atom is 0.0843 e. The van der Waals surface area contributed by atoms with Crippen LogP contribution in [0.5, 0.6) is 0 Å². The predicted molar refractivity (Wildman–Crippen MR) is 63.3 cm³/mol. The van der Waals surface area contributed by atoms with Gasteiger partial charge >= 0.3 is 0 Å². The highest BCUT2D eigenvalue weighted by atomic mass is 79.9. The van der Waals surface area contributed by atoms with Crippen LogP contribution >= 0.6 is 43.2 Å². The van der Waals surface area contributed by atoms with E-state index in [0.29, 0.717) is 6.04 Å². The molecule has 1 aliphatic rings. The van der Waals surface area contributed by atoms with Gasteiger partial charge in [-0.1, -0.05) is 0 Å². The van der Waals surface area contributed by atoms with Crippen molar-refractivity contribution in [3.05, 3.63) is 19.2 Å². The Bertz CT molecular complexity index is 275. The van der Waals surface area contributed by atoms with Crippen molar-refractivity contribution in [3.63, 3.8) is 0 Å². The zero-order valence-electron chi connectivity index (χ0n) is 6.94. The van der Waals surface area contributed by atoms with Crippen LogP contribution in [0.4, 0.5) is 0 Å². The Kier molecular flexibility index (Phi) is 3.42. The van der Waals surface area contributed by atoms with Gasteiger partial charge in [0.05, 0.1) is 9.83 Å². The molecule has 1 saturated heterocycles. The molecule has 1 aromatic heterocycles. The predicted octanol–water partition coefficient (Wildman–Crippen LogP) is 2.51. The lowest BCUT2D eigenvalue weighted by Gasteiger charge is -2.23. The molecule has 2 N–H and O–H groups in total. The summed E-state index contributed by atoms with van der Waals surface area (Å²) in [5.74, 6) is 0. The quantitative estimate of drug-likeness (QED) is 0.829. The smallest absolute Gasteiger partial charge is 0.0843 e. The van der Waals surface area contributed by atoms with Gasteiger partial charge in [0.1, 0.15) is 0 Å². The Morgan fingerprint density at radius 3 is 2.77 bits per heavy atom. The molecule has 2 nitrogen and oxygen atoms in total. The first-order valence-electron chi connectivity index (χ1n) is 4.16. The summed E-state index contributed by atoms with van der Waals surface area (Å²) >= 11 is 8.79. The van der Waals surface area contributed by atoms with Crippen LogP contribution in [0, 0.1) is 0 Å². The van der Waals surface area contributed by atoms with Crippen molar-refractivity contribution in [3.8, 4) is 0 Å². The summed E-state index contributed by atoms with van der Waals surface area (Å²) in [6.45, 7) is 3.15. The Hall–Kier alpha value is 0.580. The zero-order chi connectivity index (χ0) is 9.26. The van der Waals surface area contributed by atoms with E-state index < -0.39 is 0 Å². The van der Waals surface area contributed by atoms with E-state index in [9.17, 15) is 0 Å². The molecule has 0 radical (unpaired) electrons. The van der Waals surface area contributed by atoms with Gasteiger partial charge in [-0.25, -0.2) is 0 Å². The summed E-state index contributed by atoms with van der Waals surface area (Å²) in [5.41, 5.74) is 0. The Balaban J connectivity index is 2.14. The largest absolute Gasteiger partial charge is 0.314 e. The third kappa shape index (κ3) is 2.33. The molecule has 1 aliphatic heterocycles. The van der Waals surface area contributed by atoms with Crippen molar-refractivity contribution in [2.24, 2.45) is 0 Å². The fourth-order valence-electron chi connectivity index (χ4n) is 1.39. The Morgan fingerprint density at radius 1 is 1.38 bits per heavy atom. The molecular weight excluding hydrogens is 316 g/mol. The molecule has 1 aromatic rings. The summed E-state index contributed by atoms with van der Waals surface area (Å²) < 4.78 is 2.33. The van der Waals surface area contributed by atoms with Gasteiger partial charge in [-0.3, -0.25) is 0 Å². The van der Waals surface area contributed by atoms with Crippen LogP contribution in [0.1, 0.15) is 10.9 Å². The van der Waals surface area contributed by atoms with E-state index >= 15 is 0 Å². The molecule has 0 amide bonds. The van der Waals surface area contributed by atoms with Gasteiger partial charge < -0.3 is 10.6 Å². The van der Waals surface area contributed by atoms with Gasteiger partial charge in [-0.05, 0) is 37.9 Å². The van der Waals surface area contributed by atoms with E-state index in [1.54, 1.807) is 11.3 Å². The summed E-state index contributed by atoms with van der Waals surface area (Å²) in [6.07, 6.45) is 0. The number of nitrogens with one attached hydrogen (secondary N) is 2. The minimum absolute atomic E-state index is 0.473. The molecule has 0 spiro atoms. The second kappa shape index (κ2) is 4.40. The molecule has 72 valence electrons. The van der Waals surface area contributed by atoms with Crippen molar-refractivity contribution in [2.45, 2.75) is 6.04 Å². The van der Waals surface area contributed by atoms with E-state index in [4.69, 9.17) is 0 Å². The van der Waals surface area contributed by atoms with E-state index in [2.05, 4.69) is 48.6 Å². The van der Waals surface area contributed by atoms with Crippen LogP contribution in [0.3, 0.4) is 0 Å². The monoisotopic (exact) mass is 324 g/mol. The van der Waals surface area contributed by atoms with E-state index in [0.717, 1.165) is 24.1 Å². The van der Waals surface area contributed by atoms with Crippen molar-refractivity contribution >= 4 is 43.2 Å². The van der Waals surface area contributed by atoms with Gasteiger partial charge in [-0.2, -0.15) is 0 Å². The highest BCUT2D eigenvalue weighted by Crippen LogP contribution is 2.35. The van der Waals surface area contributed by atoms with E-state index in [1.165, 1.54) is 8.66 Å². The SMILES string of the molecule is Brc1cc(C2CNCCN2)sc1Br. The van der Waals surface area contributed by atoms with Crippen LogP contribution < -0.4 is 10.6 Å². The molecule has 0 aromatic carbocycles. The molecule has 1 atom stereocenters. The number of halogens is 2. The first-order chi connectivity index (χ1) is 6.27. The molecule has 2 heterocycles. The normalized spacial score (nSPS) is 23.4. The van der Waals surface area contributed by atoms with Crippen LogP contribution in [-0.4, -0.2) is 19.6 Å². The van der Waals surface area contributed by atoms with Gasteiger partial charge in [0.15, 0.2) is 0 Å². The highest BCUT2D eigenvalue weighted by molar-refractivity contribution is 9.13. The Morgan fingerprint density at radius 2 is 2.23 bits per heavy atom. The molecule has 0 saturated carbocycles. The minimum atomic E-state index is 0.473. The first-order valence-corrected chi connectivity index (χ1v) is 6.56. The maximum atomic E-state index is 3.51. The molecule has 0 bridgehead atoms. The third-order valence-electron chi connectivity index (χ3n) is 2.05. The molecule has 13 heavy (non-hydrogen) atoms. The summed E-state index contributed by atoms with van der Waals surface area (Å²) in [4.78, 5) is 1.38. The van der Waals surface area contributed by atoms with Crippen molar-refractivity contribution in [1.82, 2.24) is 10.6 Å². The average Bonchev–Trinajstić information content (AvgIpc) is 2.49. The third-order valence-corrected chi connectivity index (χ3v) is 5.42. The van der Waals surface area contributed by atoms with Crippen molar-refractivity contribution < 1.29 is 0 Å². The number of rotatable bonds is 1. The molecule has 2 rings (SSSR count). The summed E-state index contributed by atoms with van der Waals surface area (Å²) in [6, 6.07) is 2.65. The fraction of sp³-hybridized carbons (Fsp3) is 0.500. The maximum absolute atomic E-state index is 3.51. The molecule has 1 fully saturated rings. The lowest BCUT2D eigenvalue weighted by Crippen LogP contribution is -2.42. The number of piperazine rings is 1. The van der Waals surface area contributed by atoms with Crippen LogP contribution in [0.15, 0.2) is 14.3 Å². The summed E-state index contributed by atoms with van der Waals surface area (Å²) in [5, 5.41) is 6.86. The average molecular weight is 326 g/mol. The van der Waals surface area contributed by atoms with Crippen LogP contribution in [0.2, 0.25) is 0 Å². The van der Waals surface area contributed by atoms with Crippen molar-refractivity contribution in [1.29, 1.82) is 0 Å². The molecular formula is C8H10Br2N2S. The van der Waals surface area contributed by atoms with Gasteiger partial charge in [0.25, 0.3) is 0 Å². The highest BCUT2D eigenvalue weighted by Gasteiger charge is 2.17. The van der Waals surface area contributed by atoms with Gasteiger partial charge in [0.2, 0.25) is 0 Å². The lowest BCUT2D eigenvalue weighted by molar-refractivity contribution is 0.435. The molecule has 0 aliphatic carbocycles. The number of hydrogen-bond acceptors (Lipinski definition) is 3. The topological polar surface area (TPSA) is 24.1 Å². The molecule has 5 heteroatoms. The minimum Gasteiger partial charge on any atom is -0.314 e. The second-order valence-electron chi connectivity index (χ2n) is 2.98. The van der Waals surface area contributed by atoms with E-state index in [1.807, 2.05) is 0 Å². The zero-order valence-corrected chi connectivity index (χ0v) is 10.9. The Labute approximate surface area is 98.4 Å². The fourth-order valence-corrected chi connectivity index (χ4v) is 3.55. The summed E-state index contributed by atoms with van der Waals surface area (Å²) in [7, 11) is 0. The van der Waals surface area contributed by atoms with Gasteiger partial charge in [0, 0.05) is 29.0 Å². The first kappa shape index (κ1) is 10.1. The van der Waals surface area contributed by atoms with Crippen LogP contribution in [0.25, 0.3) is 0 Å². The van der Waals surface area contributed by atoms with E-state index in [-0.39, 0.29) is 0 Å². The lowest BCUT2D eigenvalue weighted by atomic mass is 10.2. The van der Waals surface area contributed by atoms with Crippen LogP contribution in [-0.2, 0) is 0 Å². The number of thiophene rings is 1. The standard InChI is InChI=1S/C8H10Br2N2S/c9-5-3-7(13-8(5)10)6-4-11-1-2-12-6/h3,6,11-12H,1-2,4H2. The number of hydrogen-bond donors (Lipinski definition) is 2. The van der Waals surface area contributed by atoms with Crippen molar-refractivity contribution in [2.75, 3.05) is 19.6 Å². The second-order valence-corrected chi connectivity index (χ2v) is 6.24. The molecule has 1 unspecified atom stereocenters.